The third-order valence-electron chi connectivity index (χ3n) is 6.38. The molecule has 1 saturated carbocycles. The number of aryl methyl sites for hydroxylation is 1. The van der Waals surface area contributed by atoms with E-state index in [0.29, 0.717) is 30.3 Å². The number of amides is 1. The highest BCUT2D eigenvalue weighted by Gasteiger charge is 2.29. The molecular weight excluding hydrogens is 444 g/mol. The van der Waals surface area contributed by atoms with E-state index in [0.717, 1.165) is 36.6 Å². The minimum atomic E-state index is -0.634. The zero-order chi connectivity index (χ0) is 25.6. The molecule has 1 aromatic heterocycles. The summed E-state index contributed by atoms with van der Waals surface area (Å²) in [5.74, 6) is 0.918. The molecular formula is C26H40N6O3. The molecule has 0 bridgehead atoms. The zero-order valence-electron chi connectivity index (χ0n) is 21.9. The van der Waals surface area contributed by atoms with Crippen LogP contribution in [0, 0.1) is 6.92 Å². The Balaban J connectivity index is 1.89. The molecule has 3 rings (SSSR count). The van der Waals surface area contributed by atoms with Gasteiger partial charge in [-0.1, -0.05) is 24.5 Å². The van der Waals surface area contributed by atoms with Gasteiger partial charge in [0.15, 0.2) is 0 Å². The van der Waals surface area contributed by atoms with Gasteiger partial charge in [0.05, 0.1) is 24.3 Å². The molecule has 192 valence electrons. The fourth-order valence-electron chi connectivity index (χ4n) is 4.04. The second-order valence-corrected chi connectivity index (χ2v) is 9.92. The normalized spacial score (nSPS) is 19.2. The molecule has 35 heavy (non-hydrogen) atoms. The molecule has 0 aliphatic heterocycles. The van der Waals surface area contributed by atoms with Crippen molar-refractivity contribution in [3.8, 4) is 0 Å². The van der Waals surface area contributed by atoms with Crippen LogP contribution in [0.25, 0.3) is 10.9 Å². The predicted molar refractivity (Wildman–Crippen MR) is 140 cm³/mol. The van der Waals surface area contributed by atoms with Crippen LogP contribution in [0.3, 0.4) is 0 Å². The smallest absolute Gasteiger partial charge is 0.289 e. The van der Waals surface area contributed by atoms with E-state index in [4.69, 9.17) is 20.2 Å². The molecule has 1 amide bonds. The van der Waals surface area contributed by atoms with E-state index >= 15 is 0 Å². The first-order valence-electron chi connectivity index (χ1n) is 12.4. The minimum absolute atomic E-state index is 0.0153. The van der Waals surface area contributed by atoms with Gasteiger partial charge in [0, 0.05) is 25.1 Å². The summed E-state index contributed by atoms with van der Waals surface area (Å²) in [7, 11) is 1.63. The van der Waals surface area contributed by atoms with Gasteiger partial charge >= 0.3 is 0 Å². The number of anilines is 1. The first kappa shape index (κ1) is 26.8. The summed E-state index contributed by atoms with van der Waals surface area (Å²) < 4.78 is 11.0. The quantitative estimate of drug-likeness (QED) is 0.267. The van der Waals surface area contributed by atoms with Crippen molar-refractivity contribution in [2.45, 2.75) is 84.1 Å². The molecule has 2 atom stereocenters. The van der Waals surface area contributed by atoms with Gasteiger partial charge in [-0.25, -0.2) is 9.97 Å². The van der Waals surface area contributed by atoms with Crippen LogP contribution < -0.4 is 16.4 Å². The van der Waals surface area contributed by atoms with Crippen LogP contribution in [-0.4, -0.2) is 65.8 Å². The molecule has 1 fully saturated rings. The van der Waals surface area contributed by atoms with Crippen LogP contribution >= 0.6 is 0 Å². The van der Waals surface area contributed by atoms with Crippen LogP contribution in [0.5, 0.6) is 0 Å². The van der Waals surface area contributed by atoms with Crippen LogP contribution in [0.1, 0.15) is 69.6 Å². The predicted octanol–water partition coefficient (Wildman–Crippen LogP) is 3.60. The Morgan fingerprint density at radius 2 is 2.00 bits per heavy atom. The molecule has 1 aliphatic rings. The van der Waals surface area contributed by atoms with Gasteiger partial charge in [0.25, 0.3) is 5.91 Å². The lowest BCUT2D eigenvalue weighted by molar-refractivity contribution is 0.0743. The first-order chi connectivity index (χ1) is 16.6. The van der Waals surface area contributed by atoms with Gasteiger partial charge in [-0.05, 0) is 59.6 Å². The number of amidine groups is 1. The monoisotopic (exact) mass is 484 g/mol. The number of nitrogens with two attached hydrogens (primary N) is 1. The highest BCUT2D eigenvalue weighted by molar-refractivity contribution is 5.96. The Hall–Kier alpha value is -2.78. The van der Waals surface area contributed by atoms with Crippen LogP contribution in [-0.2, 0) is 9.47 Å². The lowest BCUT2D eigenvalue weighted by Gasteiger charge is -2.32. The van der Waals surface area contributed by atoms with E-state index in [1.807, 2.05) is 52.8 Å². The van der Waals surface area contributed by atoms with Crippen molar-refractivity contribution in [1.29, 1.82) is 0 Å². The maximum Gasteiger partial charge on any atom is 0.289 e. The standard InChI is InChI=1S/C26H40N6O3/c1-16(2)35-14-13-28-24(33)23-29-19-12-11-17(3)15-18(19)22(32-23)30-20-9-7-8-10-21(20)31-25(27)26(4,5)34-6/h11-12,15-16,20-21H,7-10,13-14H2,1-6H3,(H2,27,31)(H,28,33)(H,29,30,32)/t20-,21+/m0/s1. The lowest BCUT2D eigenvalue weighted by Crippen LogP contribution is -2.44. The molecule has 9 nitrogen and oxygen atoms in total. The fraction of sp³-hybridized carbons (Fsp3) is 0.615. The Morgan fingerprint density at radius 1 is 1.26 bits per heavy atom. The van der Waals surface area contributed by atoms with E-state index in [9.17, 15) is 4.79 Å². The number of nitrogens with zero attached hydrogens (tertiary/aromatic N) is 3. The van der Waals surface area contributed by atoms with E-state index < -0.39 is 5.60 Å². The number of benzene rings is 1. The van der Waals surface area contributed by atoms with E-state index in [1.54, 1.807) is 7.11 Å². The molecule has 2 aromatic rings. The molecule has 0 radical (unpaired) electrons. The summed E-state index contributed by atoms with van der Waals surface area (Å²) in [5, 5.41) is 7.32. The van der Waals surface area contributed by atoms with Crippen molar-refractivity contribution in [2.75, 3.05) is 25.6 Å². The Kier molecular flexibility index (Phi) is 9.02. The molecule has 0 spiro atoms. The van der Waals surface area contributed by atoms with Crippen LogP contribution in [0.2, 0.25) is 0 Å². The average molecular weight is 485 g/mol. The Morgan fingerprint density at radius 3 is 2.71 bits per heavy atom. The number of aromatic nitrogens is 2. The molecule has 9 heteroatoms. The van der Waals surface area contributed by atoms with Gasteiger partial charge in [-0.3, -0.25) is 9.79 Å². The number of carbonyl (C=O) groups excluding carboxylic acids is 1. The Labute approximate surface area is 208 Å². The van der Waals surface area contributed by atoms with Gasteiger partial charge in [-0.2, -0.15) is 0 Å². The van der Waals surface area contributed by atoms with Crippen molar-refractivity contribution < 1.29 is 14.3 Å². The molecule has 0 unspecified atom stereocenters. The maximum absolute atomic E-state index is 12.8. The second-order valence-electron chi connectivity index (χ2n) is 9.92. The number of hydrogen-bond donors (Lipinski definition) is 3. The Bertz CT molecular complexity index is 1050. The number of carbonyl (C=O) groups is 1. The SMILES string of the molecule is COC(C)(C)C(N)=N[C@@H]1CCCC[C@@H]1Nc1nc(C(=O)NCCOC(C)C)nc2ccc(C)cc12. The number of aliphatic imine (C=N–C) groups is 1. The second kappa shape index (κ2) is 11.8. The van der Waals surface area contributed by atoms with Gasteiger partial charge in [-0.15, -0.1) is 0 Å². The summed E-state index contributed by atoms with van der Waals surface area (Å²) in [6, 6.07) is 5.96. The summed E-state index contributed by atoms with van der Waals surface area (Å²) >= 11 is 0. The minimum Gasteiger partial charge on any atom is -0.385 e. The molecule has 0 saturated heterocycles. The lowest BCUT2D eigenvalue weighted by atomic mass is 9.90. The van der Waals surface area contributed by atoms with Crippen molar-refractivity contribution >= 4 is 28.5 Å². The third-order valence-corrected chi connectivity index (χ3v) is 6.38. The summed E-state index contributed by atoms with van der Waals surface area (Å²) in [6.45, 7) is 10.6. The largest absolute Gasteiger partial charge is 0.385 e. The van der Waals surface area contributed by atoms with Crippen LogP contribution in [0.4, 0.5) is 5.82 Å². The van der Waals surface area contributed by atoms with E-state index in [-0.39, 0.29) is 29.9 Å². The summed E-state index contributed by atoms with van der Waals surface area (Å²) in [5.41, 5.74) is 7.48. The van der Waals surface area contributed by atoms with Crippen LogP contribution in [0.15, 0.2) is 23.2 Å². The number of rotatable bonds is 10. The van der Waals surface area contributed by atoms with Gasteiger partial charge in [0.2, 0.25) is 5.82 Å². The van der Waals surface area contributed by atoms with Gasteiger partial charge in [0.1, 0.15) is 17.3 Å². The maximum atomic E-state index is 12.8. The zero-order valence-corrected chi connectivity index (χ0v) is 21.9. The number of nitrogens with one attached hydrogen (secondary N) is 2. The third kappa shape index (κ3) is 7.11. The van der Waals surface area contributed by atoms with Crippen molar-refractivity contribution in [3.63, 3.8) is 0 Å². The summed E-state index contributed by atoms with van der Waals surface area (Å²) in [6.07, 6.45) is 4.13. The van der Waals surface area contributed by atoms with E-state index in [2.05, 4.69) is 20.6 Å². The highest BCUT2D eigenvalue weighted by atomic mass is 16.5. The molecule has 1 heterocycles. The van der Waals surface area contributed by atoms with Crippen molar-refractivity contribution in [1.82, 2.24) is 15.3 Å². The fourth-order valence-corrected chi connectivity index (χ4v) is 4.04. The average Bonchev–Trinajstić information content (AvgIpc) is 2.82. The van der Waals surface area contributed by atoms with Crippen molar-refractivity contribution in [2.24, 2.45) is 10.7 Å². The molecule has 4 N–H and O–H groups in total. The number of ether oxygens (including phenoxy) is 2. The van der Waals surface area contributed by atoms with Gasteiger partial charge < -0.3 is 25.8 Å². The number of hydrogen-bond acceptors (Lipinski definition) is 7. The highest BCUT2D eigenvalue weighted by Crippen LogP contribution is 2.28. The molecule has 1 aromatic carbocycles. The number of methoxy groups -OCH3 is 1. The van der Waals surface area contributed by atoms with E-state index in [1.165, 1.54) is 0 Å². The first-order valence-corrected chi connectivity index (χ1v) is 12.4. The molecule has 1 aliphatic carbocycles. The number of fused-ring (bicyclic) bond motifs is 1. The topological polar surface area (TPSA) is 124 Å². The van der Waals surface area contributed by atoms with Crippen molar-refractivity contribution in [3.05, 3.63) is 29.6 Å². The summed E-state index contributed by atoms with van der Waals surface area (Å²) in [4.78, 5) is 26.8.